The summed E-state index contributed by atoms with van der Waals surface area (Å²) in [4.78, 5) is 29.2. The van der Waals surface area contributed by atoms with Crippen molar-refractivity contribution in [2.45, 2.75) is 25.8 Å². The van der Waals surface area contributed by atoms with Gasteiger partial charge in [0.05, 0.1) is 11.3 Å². The van der Waals surface area contributed by atoms with Crippen molar-refractivity contribution in [3.05, 3.63) is 35.5 Å². The Balaban J connectivity index is 1.48. The maximum Gasteiger partial charge on any atom is 0.229 e. The molecule has 0 bridgehead atoms. The topological polar surface area (TPSA) is 80.3 Å². The average Bonchev–Trinajstić information content (AvgIpc) is 3.10. The lowest BCUT2D eigenvalue weighted by atomic mass is 9.98. The van der Waals surface area contributed by atoms with E-state index in [2.05, 4.69) is 15.6 Å². The summed E-state index contributed by atoms with van der Waals surface area (Å²) in [5.74, 6) is 0.0769. The van der Waals surface area contributed by atoms with E-state index in [1.54, 1.807) is 6.20 Å². The number of carbonyl (C=O) groups excluding carboxylic acids is 2. The van der Waals surface area contributed by atoms with Crippen LogP contribution in [0.25, 0.3) is 10.4 Å². The molecule has 2 N–H and O–H groups in total. The van der Waals surface area contributed by atoms with E-state index >= 15 is 0 Å². The molecular formula is C18H19N3O3S. The third-order valence-electron chi connectivity index (χ3n) is 4.65. The van der Waals surface area contributed by atoms with Crippen LogP contribution < -0.4 is 10.6 Å². The van der Waals surface area contributed by atoms with Crippen LogP contribution in [-0.4, -0.2) is 30.0 Å². The molecule has 130 valence electrons. The molecule has 7 heteroatoms. The van der Waals surface area contributed by atoms with Crippen molar-refractivity contribution in [2.24, 2.45) is 5.92 Å². The number of nitrogens with one attached hydrogen (secondary N) is 2. The third-order valence-corrected chi connectivity index (χ3v) is 5.61. The van der Waals surface area contributed by atoms with Crippen LogP contribution in [0.2, 0.25) is 0 Å². The van der Waals surface area contributed by atoms with E-state index in [9.17, 15) is 9.59 Å². The predicted molar refractivity (Wildman–Crippen MR) is 95.3 cm³/mol. The highest BCUT2D eigenvalue weighted by molar-refractivity contribution is 7.19. The van der Waals surface area contributed by atoms with Crippen molar-refractivity contribution in [1.29, 1.82) is 0 Å². The number of amides is 2. The molecule has 0 spiro atoms. The average molecular weight is 357 g/mol. The molecule has 0 unspecified atom stereocenters. The van der Waals surface area contributed by atoms with Crippen LogP contribution in [0, 0.1) is 5.92 Å². The Morgan fingerprint density at radius 2 is 2.12 bits per heavy atom. The van der Waals surface area contributed by atoms with Gasteiger partial charge in [-0.05, 0) is 35.6 Å². The van der Waals surface area contributed by atoms with Gasteiger partial charge in [-0.1, -0.05) is 23.5 Å². The SMILES string of the molecule is O=C1Cc2cc(-c3cnc(NC(=O)C4CCOCC4)s3)ccc2CN1. The van der Waals surface area contributed by atoms with E-state index in [1.165, 1.54) is 11.3 Å². The van der Waals surface area contributed by atoms with Crippen molar-refractivity contribution < 1.29 is 14.3 Å². The van der Waals surface area contributed by atoms with Crippen LogP contribution in [0.4, 0.5) is 5.13 Å². The fourth-order valence-electron chi connectivity index (χ4n) is 3.18. The van der Waals surface area contributed by atoms with Crippen LogP contribution in [-0.2, 0) is 27.3 Å². The number of carbonyl (C=O) groups is 2. The van der Waals surface area contributed by atoms with Crippen molar-refractivity contribution in [2.75, 3.05) is 18.5 Å². The van der Waals surface area contributed by atoms with Crippen molar-refractivity contribution in [3.63, 3.8) is 0 Å². The summed E-state index contributed by atoms with van der Waals surface area (Å²) < 4.78 is 5.29. The number of thiazole rings is 1. The zero-order chi connectivity index (χ0) is 17.2. The lowest BCUT2D eigenvalue weighted by molar-refractivity contribution is -0.122. The normalized spacial score (nSPS) is 17.7. The first-order valence-corrected chi connectivity index (χ1v) is 9.24. The molecule has 2 aliphatic heterocycles. The standard InChI is InChI=1S/C18H19N3O3S/c22-16-8-14-7-12(1-2-13(14)9-19-16)15-10-20-18(25-15)21-17(23)11-3-5-24-6-4-11/h1-2,7,10-11H,3-6,8-9H2,(H,19,22)(H,20,21,23). The second kappa shape index (κ2) is 6.93. The minimum Gasteiger partial charge on any atom is -0.381 e. The molecule has 1 fully saturated rings. The molecule has 25 heavy (non-hydrogen) atoms. The Morgan fingerprint density at radius 3 is 2.96 bits per heavy atom. The number of nitrogens with zero attached hydrogens (tertiary/aromatic N) is 1. The first-order chi connectivity index (χ1) is 12.2. The molecule has 2 aliphatic rings. The van der Waals surface area contributed by atoms with Gasteiger partial charge in [0, 0.05) is 31.9 Å². The van der Waals surface area contributed by atoms with Gasteiger partial charge in [-0.3, -0.25) is 9.59 Å². The number of anilines is 1. The van der Waals surface area contributed by atoms with Crippen LogP contribution in [0.5, 0.6) is 0 Å². The molecule has 0 radical (unpaired) electrons. The molecule has 0 atom stereocenters. The van der Waals surface area contributed by atoms with E-state index in [0.29, 0.717) is 31.3 Å². The fourth-order valence-corrected chi connectivity index (χ4v) is 3.99. The summed E-state index contributed by atoms with van der Waals surface area (Å²) in [6, 6.07) is 6.13. The minimum atomic E-state index is 0.00311. The van der Waals surface area contributed by atoms with Crippen LogP contribution >= 0.6 is 11.3 Å². The Hall–Kier alpha value is -2.25. The Bertz CT molecular complexity index is 812. The number of benzene rings is 1. The molecule has 3 heterocycles. The van der Waals surface area contributed by atoms with Gasteiger partial charge in [0.1, 0.15) is 0 Å². The lowest BCUT2D eigenvalue weighted by Gasteiger charge is -2.20. The van der Waals surface area contributed by atoms with Crippen LogP contribution in [0.1, 0.15) is 24.0 Å². The maximum absolute atomic E-state index is 12.3. The molecule has 1 aromatic carbocycles. The first kappa shape index (κ1) is 16.2. The number of rotatable bonds is 3. The summed E-state index contributed by atoms with van der Waals surface area (Å²) in [5, 5.41) is 6.38. The van der Waals surface area contributed by atoms with Crippen molar-refractivity contribution >= 4 is 28.3 Å². The molecule has 2 amide bonds. The Labute approximate surface area is 149 Å². The molecule has 1 aromatic heterocycles. The Morgan fingerprint density at radius 1 is 1.28 bits per heavy atom. The highest BCUT2D eigenvalue weighted by Crippen LogP contribution is 2.31. The van der Waals surface area contributed by atoms with Gasteiger partial charge >= 0.3 is 0 Å². The molecule has 4 rings (SSSR count). The zero-order valence-electron chi connectivity index (χ0n) is 13.7. The van der Waals surface area contributed by atoms with Gasteiger partial charge in [0.2, 0.25) is 11.8 Å². The van der Waals surface area contributed by atoms with E-state index in [4.69, 9.17) is 4.74 Å². The van der Waals surface area contributed by atoms with E-state index in [-0.39, 0.29) is 17.7 Å². The molecule has 0 aliphatic carbocycles. The van der Waals surface area contributed by atoms with Crippen LogP contribution in [0.3, 0.4) is 0 Å². The van der Waals surface area contributed by atoms with Gasteiger partial charge in [0.25, 0.3) is 0 Å². The third kappa shape index (κ3) is 3.57. The minimum absolute atomic E-state index is 0.00311. The van der Waals surface area contributed by atoms with Crippen molar-refractivity contribution in [1.82, 2.24) is 10.3 Å². The summed E-state index contributed by atoms with van der Waals surface area (Å²) in [5.41, 5.74) is 3.24. The quantitative estimate of drug-likeness (QED) is 0.884. The highest BCUT2D eigenvalue weighted by atomic mass is 32.1. The largest absolute Gasteiger partial charge is 0.381 e. The fraction of sp³-hybridized carbons (Fsp3) is 0.389. The van der Waals surface area contributed by atoms with Gasteiger partial charge in [-0.2, -0.15) is 0 Å². The zero-order valence-corrected chi connectivity index (χ0v) is 14.5. The monoisotopic (exact) mass is 357 g/mol. The molecular weight excluding hydrogens is 338 g/mol. The summed E-state index contributed by atoms with van der Waals surface area (Å²) in [7, 11) is 0. The van der Waals surface area contributed by atoms with Crippen LogP contribution in [0.15, 0.2) is 24.4 Å². The number of aromatic nitrogens is 1. The number of ether oxygens (including phenoxy) is 1. The van der Waals surface area contributed by atoms with E-state index < -0.39 is 0 Å². The van der Waals surface area contributed by atoms with E-state index in [1.807, 2.05) is 18.2 Å². The van der Waals surface area contributed by atoms with Gasteiger partial charge in [-0.25, -0.2) is 4.98 Å². The molecule has 0 saturated carbocycles. The van der Waals surface area contributed by atoms with E-state index in [0.717, 1.165) is 34.4 Å². The van der Waals surface area contributed by atoms with Gasteiger partial charge < -0.3 is 15.4 Å². The lowest BCUT2D eigenvalue weighted by Crippen LogP contribution is -2.30. The summed E-state index contributed by atoms with van der Waals surface area (Å²) in [6.07, 6.45) is 3.71. The summed E-state index contributed by atoms with van der Waals surface area (Å²) >= 11 is 1.45. The maximum atomic E-state index is 12.3. The van der Waals surface area contributed by atoms with Crippen molar-refractivity contribution in [3.8, 4) is 10.4 Å². The number of fused-ring (bicyclic) bond motifs is 1. The molecule has 2 aromatic rings. The first-order valence-electron chi connectivity index (χ1n) is 8.42. The number of hydrogen-bond acceptors (Lipinski definition) is 5. The van der Waals surface area contributed by atoms with Gasteiger partial charge in [-0.15, -0.1) is 0 Å². The van der Waals surface area contributed by atoms with Gasteiger partial charge in [0.15, 0.2) is 5.13 Å². The Kier molecular flexibility index (Phi) is 4.50. The predicted octanol–water partition coefficient (Wildman–Crippen LogP) is 2.35. The summed E-state index contributed by atoms with van der Waals surface area (Å²) in [6.45, 7) is 1.87. The molecule has 6 nitrogen and oxygen atoms in total. The molecule has 1 saturated heterocycles. The second-order valence-corrected chi connectivity index (χ2v) is 7.37. The smallest absolute Gasteiger partial charge is 0.229 e. The number of hydrogen-bond donors (Lipinski definition) is 2. The highest BCUT2D eigenvalue weighted by Gasteiger charge is 2.22. The second-order valence-electron chi connectivity index (χ2n) is 6.34.